The largest absolute Gasteiger partial charge is 0.315 e. The van der Waals surface area contributed by atoms with E-state index in [1.165, 1.54) is 0 Å². The van der Waals surface area contributed by atoms with E-state index in [4.69, 9.17) is 16.6 Å². The quantitative estimate of drug-likeness (QED) is 0.476. The molecular formula is C25H20ClN3O2. The summed E-state index contributed by atoms with van der Waals surface area (Å²) in [6.45, 7) is 2.01. The van der Waals surface area contributed by atoms with E-state index in [1.54, 1.807) is 46.8 Å². The first-order valence-corrected chi connectivity index (χ1v) is 10.5. The number of benzene rings is 3. The van der Waals surface area contributed by atoms with Crippen molar-refractivity contribution in [3.63, 3.8) is 0 Å². The van der Waals surface area contributed by atoms with Gasteiger partial charge >= 0.3 is 0 Å². The maximum absolute atomic E-state index is 13.4. The van der Waals surface area contributed by atoms with Crippen LogP contribution in [0.3, 0.4) is 0 Å². The Bertz CT molecular complexity index is 1390. The monoisotopic (exact) mass is 429 g/mol. The van der Waals surface area contributed by atoms with E-state index in [-0.39, 0.29) is 11.5 Å². The third-order valence-corrected chi connectivity index (χ3v) is 6.12. The number of anilines is 1. The Morgan fingerprint density at radius 3 is 2.52 bits per heavy atom. The summed E-state index contributed by atoms with van der Waals surface area (Å²) in [4.78, 5) is 33.1. The van der Waals surface area contributed by atoms with Crippen LogP contribution >= 0.6 is 11.6 Å². The Kier molecular flexibility index (Phi) is 4.63. The summed E-state index contributed by atoms with van der Waals surface area (Å²) in [6, 6.07) is 20.4. The van der Waals surface area contributed by atoms with E-state index >= 15 is 0 Å². The number of carbonyl (C=O) groups is 1. The number of amides is 1. The lowest BCUT2D eigenvalue weighted by atomic mass is 9.95. The van der Waals surface area contributed by atoms with Gasteiger partial charge in [0, 0.05) is 24.2 Å². The molecule has 0 unspecified atom stereocenters. The number of para-hydroxylation sites is 1. The summed E-state index contributed by atoms with van der Waals surface area (Å²) in [5.41, 5.74) is 4.10. The van der Waals surface area contributed by atoms with Gasteiger partial charge in [0.2, 0.25) is 5.91 Å². The third kappa shape index (κ3) is 3.22. The highest BCUT2D eigenvalue weighted by atomic mass is 35.5. The average Bonchev–Trinajstić information content (AvgIpc) is 2.99. The van der Waals surface area contributed by atoms with Gasteiger partial charge in [-0.25, -0.2) is 4.98 Å². The Morgan fingerprint density at radius 1 is 1.00 bits per heavy atom. The molecule has 0 saturated heterocycles. The maximum Gasteiger partial charge on any atom is 0.265 e. The molecule has 1 aliphatic heterocycles. The zero-order valence-electron chi connectivity index (χ0n) is 17.2. The molecule has 0 spiro atoms. The molecular weight excluding hydrogens is 410 g/mol. The van der Waals surface area contributed by atoms with Crippen molar-refractivity contribution in [2.75, 3.05) is 11.9 Å². The van der Waals surface area contributed by atoms with Crippen LogP contribution in [0.2, 0.25) is 5.02 Å². The number of aromatic nitrogens is 2. The first-order valence-electron chi connectivity index (χ1n) is 10.1. The lowest BCUT2D eigenvalue weighted by molar-refractivity contribution is -0.119. The summed E-state index contributed by atoms with van der Waals surface area (Å²) in [5, 5.41) is 1.12. The van der Waals surface area contributed by atoms with Gasteiger partial charge in [-0.1, -0.05) is 41.4 Å². The molecule has 154 valence electrons. The molecule has 5 rings (SSSR count). The van der Waals surface area contributed by atoms with E-state index < -0.39 is 5.92 Å². The Labute approximate surface area is 184 Å². The van der Waals surface area contributed by atoms with Crippen molar-refractivity contribution in [3.05, 3.63) is 99.1 Å². The standard InChI is InChI=1S/C25H20ClN3O2/c1-15-7-12-22-19(13-15)20(24(30)28(22)2)14-23-27-21-6-4-3-5-18(21)25(31)29(23)17-10-8-16(26)9-11-17/h3-13,20H,14H2,1-2H3/t20-/m1/s1. The summed E-state index contributed by atoms with van der Waals surface area (Å²) in [6.07, 6.45) is 0.322. The second kappa shape index (κ2) is 7.36. The van der Waals surface area contributed by atoms with Crippen LogP contribution in [-0.4, -0.2) is 22.5 Å². The van der Waals surface area contributed by atoms with E-state index in [1.807, 2.05) is 43.3 Å². The predicted molar refractivity (Wildman–Crippen MR) is 123 cm³/mol. The molecule has 5 nitrogen and oxygen atoms in total. The number of carbonyl (C=O) groups excluding carboxylic acids is 1. The minimum Gasteiger partial charge on any atom is -0.315 e. The average molecular weight is 430 g/mol. The molecule has 0 radical (unpaired) electrons. The van der Waals surface area contributed by atoms with Gasteiger partial charge in [0.25, 0.3) is 5.56 Å². The van der Waals surface area contributed by atoms with E-state index in [2.05, 4.69) is 0 Å². The van der Waals surface area contributed by atoms with Crippen molar-refractivity contribution in [1.82, 2.24) is 9.55 Å². The minimum absolute atomic E-state index is 0.00524. The molecule has 31 heavy (non-hydrogen) atoms. The number of nitrogens with zero attached hydrogens (tertiary/aromatic N) is 3. The molecule has 0 N–H and O–H groups in total. The van der Waals surface area contributed by atoms with Crippen LogP contribution in [0.4, 0.5) is 5.69 Å². The second-order valence-corrected chi connectivity index (χ2v) is 8.31. The van der Waals surface area contributed by atoms with Gasteiger partial charge in [-0.3, -0.25) is 14.2 Å². The van der Waals surface area contributed by atoms with E-state index in [0.717, 1.165) is 16.8 Å². The minimum atomic E-state index is -0.397. The molecule has 2 heterocycles. The first-order chi connectivity index (χ1) is 14.9. The molecule has 4 aromatic rings. The van der Waals surface area contributed by atoms with Crippen LogP contribution in [-0.2, 0) is 11.2 Å². The van der Waals surface area contributed by atoms with Gasteiger partial charge in [-0.15, -0.1) is 0 Å². The maximum atomic E-state index is 13.4. The summed E-state index contributed by atoms with van der Waals surface area (Å²) in [5.74, 6) is 0.157. The van der Waals surface area contributed by atoms with Crippen molar-refractivity contribution in [2.45, 2.75) is 19.3 Å². The number of halogens is 1. The SMILES string of the molecule is Cc1ccc2c(c1)[C@@H](Cc1nc3ccccc3c(=O)n1-c1ccc(Cl)cc1)C(=O)N2C. The van der Waals surface area contributed by atoms with Crippen molar-refractivity contribution >= 4 is 34.1 Å². The Hall–Kier alpha value is -3.44. The van der Waals surface area contributed by atoms with Gasteiger partial charge < -0.3 is 4.90 Å². The molecule has 1 aliphatic rings. The third-order valence-electron chi connectivity index (χ3n) is 5.87. The van der Waals surface area contributed by atoms with Crippen molar-refractivity contribution in [3.8, 4) is 5.69 Å². The number of hydrogen-bond donors (Lipinski definition) is 0. The zero-order chi connectivity index (χ0) is 21.7. The van der Waals surface area contributed by atoms with Crippen molar-refractivity contribution in [1.29, 1.82) is 0 Å². The highest BCUT2D eigenvalue weighted by Gasteiger charge is 2.36. The molecule has 0 aliphatic carbocycles. The van der Waals surface area contributed by atoms with Gasteiger partial charge in [-0.05, 0) is 55.0 Å². The number of fused-ring (bicyclic) bond motifs is 2. The fraction of sp³-hybridized carbons (Fsp3) is 0.160. The Morgan fingerprint density at radius 2 is 1.74 bits per heavy atom. The molecule has 1 amide bonds. The molecule has 0 fully saturated rings. The summed E-state index contributed by atoms with van der Waals surface area (Å²) in [7, 11) is 1.79. The van der Waals surface area contributed by atoms with Gasteiger partial charge in [0.05, 0.1) is 22.5 Å². The van der Waals surface area contributed by atoms with Crippen LogP contribution in [0.25, 0.3) is 16.6 Å². The lowest BCUT2D eigenvalue weighted by Gasteiger charge is -2.17. The number of rotatable bonds is 3. The highest BCUT2D eigenvalue weighted by molar-refractivity contribution is 6.30. The highest BCUT2D eigenvalue weighted by Crippen LogP contribution is 2.38. The van der Waals surface area contributed by atoms with E-state index in [0.29, 0.717) is 33.9 Å². The molecule has 3 aromatic carbocycles. The molecule has 0 saturated carbocycles. The zero-order valence-corrected chi connectivity index (χ0v) is 17.9. The number of hydrogen-bond acceptors (Lipinski definition) is 3. The molecule has 1 aromatic heterocycles. The Balaban J connectivity index is 1.71. The normalized spacial score (nSPS) is 15.5. The lowest BCUT2D eigenvalue weighted by Crippen LogP contribution is -2.29. The van der Waals surface area contributed by atoms with E-state index in [9.17, 15) is 9.59 Å². The van der Waals surface area contributed by atoms with Crippen LogP contribution in [0.1, 0.15) is 22.9 Å². The molecule has 0 bridgehead atoms. The van der Waals surface area contributed by atoms with Crippen molar-refractivity contribution in [2.24, 2.45) is 0 Å². The van der Waals surface area contributed by atoms with Gasteiger partial charge in [0.15, 0.2) is 0 Å². The predicted octanol–water partition coefficient (Wildman–Crippen LogP) is 4.65. The van der Waals surface area contributed by atoms with Crippen molar-refractivity contribution < 1.29 is 4.79 Å². The van der Waals surface area contributed by atoms with Crippen LogP contribution in [0.5, 0.6) is 0 Å². The van der Waals surface area contributed by atoms with Gasteiger partial charge in [0.1, 0.15) is 5.82 Å². The number of aryl methyl sites for hydroxylation is 1. The second-order valence-electron chi connectivity index (χ2n) is 7.88. The van der Waals surface area contributed by atoms with Crippen LogP contribution in [0.15, 0.2) is 71.5 Å². The topological polar surface area (TPSA) is 55.2 Å². The fourth-order valence-corrected chi connectivity index (χ4v) is 4.42. The fourth-order valence-electron chi connectivity index (χ4n) is 4.30. The molecule has 1 atom stereocenters. The van der Waals surface area contributed by atoms with Crippen LogP contribution < -0.4 is 10.5 Å². The first kappa shape index (κ1) is 19.5. The summed E-state index contributed by atoms with van der Waals surface area (Å²) < 4.78 is 1.60. The smallest absolute Gasteiger partial charge is 0.265 e. The summed E-state index contributed by atoms with van der Waals surface area (Å²) >= 11 is 6.06. The van der Waals surface area contributed by atoms with Crippen LogP contribution in [0, 0.1) is 6.92 Å². The van der Waals surface area contributed by atoms with Gasteiger partial charge in [-0.2, -0.15) is 0 Å². The number of likely N-dealkylation sites (N-methyl/N-ethyl adjacent to an activating group) is 1. The molecule has 6 heteroatoms.